The first-order valence-corrected chi connectivity index (χ1v) is 4.35. The van der Waals surface area contributed by atoms with Crippen molar-refractivity contribution in [3.63, 3.8) is 0 Å². The van der Waals surface area contributed by atoms with Gasteiger partial charge in [0.2, 0.25) is 0 Å². The van der Waals surface area contributed by atoms with Crippen LogP contribution in [0.2, 0.25) is 0 Å². The molecule has 0 unspecified atom stereocenters. The Hall–Kier alpha value is -0.500. The Balaban J connectivity index is 3.46. The van der Waals surface area contributed by atoms with Crippen molar-refractivity contribution in [1.29, 1.82) is 0 Å². The second-order valence-corrected chi connectivity index (χ2v) is 3.69. The summed E-state index contributed by atoms with van der Waals surface area (Å²) < 4.78 is 1.14. The van der Waals surface area contributed by atoms with E-state index in [1.807, 2.05) is 13.8 Å². The van der Waals surface area contributed by atoms with E-state index in [1.54, 1.807) is 0 Å². The molecule has 0 saturated carbocycles. The number of aryl methyl sites for hydroxylation is 1. The van der Waals surface area contributed by atoms with E-state index in [4.69, 9.17) is 5.73 Å². The van der Waals surface area contributed by atoms with Crippen LogP contribution < -0.4 is 5.73 Å². The van der Waals surface area contributed by atoms with Crippen molar-refractivity contribution in [2.75, 3.05) is 5.73 Å². The van der Waals surface area contributed by atoms with Crippen molar-refractivity contribution >= 4 is 21.6 Å². The first kappa shape index (κ1) is 8.60. The van der Waals surface area contributed by atoms with E-state index in [9.17, 15) is 0 Å². The molecular weight excluding hydrogens is 202 g/mol. The van der Waals surface area contributed by atoms with Gasteiger partial charge in [-0.3, -0.25) is 0 Å². The quantitative estimate of drug-likeness (QED) is 0.660. The molecule has 2 N–H and O–H groups in total. The minimum absolute atomic E-state index is 0.908. The van der Waals surface area contributed by atoms with Crippen molar-refractivity contribution in [2.45, 2.75) is 20.8 Å². The van der Waals surface area contributed by atoms with Gasteiger partial charge in [-0.2, -0.15) is 0 Å². The van der Waals surface area contributed by atoms with Crippen LogP contribution in [0.5, 0.6) is 0 Å². The van der Waals surface area contributed by atoms with E-state index in [0.29, 0.717) is 0 Å². The summed E-state index contributed by atoms with van der Waals surface area (Å²) in [5.74, 6) is 0. The van der Waals surface area contributed by atoms with Gasteiger partial charge in [0.1, 0.15) is 0 Å². The molecule has 0 atom stereocenters. The Morgan fingerprint density at radius 1 is 1.18 bits per heavy atom. The normalized spacial score (nSPS) is 10.2. The SMILES string of the molecule is Cc1cc(Br)c(C)c(C)c1N. The van der Waals surface area contributed by atoms with Crippen LogP contribution in [0.15, 0.2) is 10.5 Å². The standard InChI is InChI=1S/C9H12BrN/c1-5-4-8(10)6(2)7(3)9(5)11/h4H,11H2,1-3H3. The number of anilines is 1. The zero-order valence-electron chi connectivity index (χ0n) is 7.03. The highest BCUT2D eigenvalue weighted by Gasteiger charge is 2.04. The summed E-state index contributed by atoms with van der Waals surface area (Å²) in [7, 11) is 0. The summed E-state index contributed by atoms with van der Waals surface area (Å²) in [6.07, 6.45) is 0. The molecule has 0 aliphatic carbocycles. The van der Waals surface area contributed by atoms with Crippen LogP contribution in [-0.2, 0) is 0 Å². The summed E-state index contributed by atoms with van der Waals surface area (Å²) in [5.41, 5.74) is 10.3. The average molecular weight is 214 g/mol. The van der Waals surface area contributed by atoms with Crippen molar-refractivity contribution in [1.82, 2.24) is 0 Å². The zero-order chi connectivity index (χ0) is 8.59. The molecule has 1 aromatic rings. The van der Waals surface area contributed by atoms with Gasteiger partial charge >= 0.3 is 0 Å². The molecule has 0 aliphatic heterocycles. The second kappa shape index (κ2) is 2.86. The molecule has 0 fully saturated rings. The Morgan fingerprint density at radius 2 is 1.73 bits per heavy atom. The molecule has 60 valence electrons. The van der Waals surface area contributed by atoms with Crippen LogP contribution in [0.4, 0.5) is 5.69 Å². The van der Waals surface area contributed by atoms with E-state index in [1.165, 1.54) is 11.1 Å². The fraction of sp³-hybridized carbons (Fsp3) is 0.333. The number of hydrogen-bond acceptors (Lipinski definition) is 1. The first-order valence-electron chi connectivity index (χ1n) is 3.56. The van der Waals surface area contributed by atoms with Gasteiger partial charge < -0.3 is 5.73 Å². The van der Waals surface area contributed by atoms with Crippen LogP contribution >= 0.6 is 15.9 Å². The van der Waals surface area contributed by atoms with Gasteiger partial charge in [-0.25, -0.2) is 0 Å². The summed E-state index contributed by atoms with van der Waals surface area (Å²) >= 11 is 3.48. The fourth-order valence-electron chi connectivity index (χ4n) is 1.05. The number of hydrogen-bond donors (Lipinski definition) is 1. The molecule has 2 heteroatoms. The Labute approximate surface area is 75.7 Å². The van der Waals surface area contributed by atoms with Crippen molar-refractivity contribution in [3.8, 4) is 0 Å². The van der Waals surface area contributed by atoms with E-state index < -0.39 is 0 Å². The van der Waals surface area contributed by atoms with Gasteiger partial charge in [-0.15, -0.1) is 0 Å². The maximum Gasteiger partial charge on any atom is 0.0376 e. The number of halogens is 1. The lowest BCUT2D eigenvalue weighted by atomic mass is 10.0. The molecule has 0 amide bonds. The van der Waals surface area contributed by atoms with E-state index in [-0.39, 0.29) is 0 Å². The topological polar surface area (TPSA) is 26.0 Å². The average Bonchev–Trinajstić information content (AvgIpc) is 1.97. The van der Waals surface area contributed by atoms with Crippen molar-refractivity contribution in [2.24, 2.45) is 0 Å². The maximum atomic E-state index is 5.83. The van der Waals surface area contributed by atoms with Crippen LogP contribution in [0.25, 0.3) is 0 Å². The van der Waals surface area contributed by atoms with Gasteiger partial charge in [-0.1, -0.05) is 15.9 Å². The maximum absolute atomic E-state index is 5.83. The summed E-state index contributed by atoms with van der Waals surface area (Å²) in [6, 6.07) is 2.05. The highest BCUT2D eigenvalue weighted by atomic mass is 79.9. The fourth-order valence-corrected chi connectivity index (χ4v) is 1.69. The largest absolute Gasteiger partial charge is 0.398 e. The van der Waals surface area contributed by atoms with Crippen LogP contribution in [0, 0.1) is 20.8 Å². The number of nitrogen functional groups attached to an aromatic ring is 1. The van der Waals surface area contributed by atoms with Gasteiger partial charge in [0.15, 0.2) is 0 Å². The Morgan fingerprint density at radius 3 is 2.27 bits per heavy atom. The van der Waals surface area contributed by atoms with E-state index in [0.717, 1.165) is 15.7 Å². The smallest absolute Gasteiger partial charge is 0.0376 e. The third kappa shape index (κ3) is 1.41. The predicted molar refractivity (Wildman–Crippen MR) is 52.8 cm³/mol. The van der Waals surface area contributed by atoms with Crippen LogP contribution in [0.1, 0.15) is 16.7 Å². The molecule has 1 nitrogen and oxygen atoms in total. The van der Waals surface area contributed by atoms with Gasteiger partial charge in [0.05, 0.1) is 0 Å². The number of nitrogens with two attached hydrogens (primary N) is 1. The van der Waals surface area contributed by atoms with Crippen LogP contribution in [-0.4, -0.2) is 0 Å². The number of benzene rings is 1. The lowest BCUT2D eigenvalue weighted by Crippen LogP contribution is -1.96. The predicted octanol–water partition coefficient (Wildman–Crippen LogP) is 2.96. The molecule has 0 bridgehead atoms. The van der Waals surface area contributed by atoms with Gasteiger partial charge in [0, 0.05) is 10.2 Å². The zero-order valence-corrected chi connectivity index (χ0v) is 8.62. The van der Waals surface area contributed by atoms with Crippen molar-refractivity contribution < 1.29 is 0 Å². The highest BCUT2D eigenvalue weighted by molar-refractivity contribution is 9.10. The molecule has 1 rings (SSSR count). The Bertz CT molecular complexity index is 266. The molecule has 11 heavy (non-hydrogen) atoms. The third-order valence-corrected chi connectivity index (χ3v) is 2.92. The van der Waals surface area contributed by atoms with Gasteiger partial charge in [0.25, 0.3) is 0 Å². The molecule has 0 aromatic heterocycles. The summed E-state index contributed by atoms with van der Waals surface area (Å²) in [5, 5.41) is 0. The lowest BCUT2D eigenvalue weighted by Gasteiger charge is -2.09. The minimum atomic E-state index is 0.908. The van der Waals surface area contributed by atoms with E-state index in [2.05, 4.69) is 28.9 Å². The van der Waals surface area contributed by atoms with Gasteiger partial charge in [-0.05, 0) is 43.5 Å². The minimum Gasteiger partial charge on any atom is -0.398 e. The molecule has 0 aliphatic rings. The molecule has 0 saturated heterocycles. The van der Waals surface area contributed by atoms with Crippen molar-refractivity contribution in [3.05, 3.63) is 27.2 Å². The number of rotatable bonds is 0. The Kier molecular flexibility index (Phi) is 2.23. The second-order valence-electron chi connectivity index (χ2n) is 2.84. The van der Waals surface area contributed by atoms with Crippen LogP contribution in [0.3, 0.4) is 0 Å². The third-order valence-electron chi connectivity index (χ3n) is 2.09. The highest BCUT2D eigenvalue weighted by Crippen LogP contribution is 2.27. The molecule has 0 heterocycles. The first-order chi connectivity index (χ1) is 5.04. The summed E-state index contributed by atoms with van der Waals surface area (Å²) in [4.78, 5) is 0. The molecule has 0 spiro atoms. The van der Waals surface area contributed by atoms with E-state index >= 15 is 0 Å². The monoisotopic (exact) mass is 213 g/mol. The summed E-state index contributed by atoms with van der Waals surface area (Å²) in [6.45, 7) is 6.13. The molecular formula is C9H12BrN. The lowest BCUT2D eigenvalue weighted by molar-refractivity contribution is 1.28. The molecule has 0 radical (unpaired) electrons. The molecule has 1 aromatic carbocycles.